The molecule has 1 fully saturated rings. The molecule has 1 aliphatic rings. The average molecular weight is 232 g/mol. The van der Waals surface area contributed by atoms with E-state index >= 15 is 0 Å². The number of nitrogens with one attached hydrogen (secondary N) is 1. The first-order valence-corrected chi connectivity index (χ1v) is 6.91. The summed E-state index contributed by atoms with van der Waals surface area (Å²) in [6.45, 7) is 2.07. The maximum Gasteiger partial charge on any atom is 0.0375 e. The maximum atomic E-state index is 4.29. The minimum atomic E-state index is 0.509. The van der Waals surface area contributed by atoms with Gasteiger partial charge in [-0.1, -0.05) is 25.7 Å². The van der Waals surface area contributed by atoms with Crippen LogP contribution in [0.15, 0.2) is 18.3 Å². The molecule has 1 aromatic heterocycles. The molecule has 0 amide bonds. The van der Waals surface area contributed by atoms with Crippen molar-refractivity contribution in [2.45, 2.75) is 51.5 Å². The summed E-state index contributed by atoms with van der Waals surface area (Å²) in [4.78, 5) is 4.29. The van der Waals surface area contributed by atoms with Crippen molar-refractivity contribution in [3.8, 4) is 0 Å². The van der Waals surface area contributed by atoms with Crippen LogP contribution in [0.2, 0.25) is 0 Å². The molecule has 1 atom stereocenters. The van der Waals surface area contributed by atoms with E-state index in [4.69, 9.17) is 0 Å². The van der Waals surface area contributed by atoms with Gasteiger partial charge in [-0.15, -0.1) is 0 Å². The van der Waals surface area contributed by atoms with E-state index in [0.717, 1.165) is 11.6 Å². The molecule has 1 aliphatic carbocycles. The van der Waals surface area contributed by atoms with Crippen LogP contribution in [0.5, 0.6) is 0 Å². The Hall–Kier alpha value is -0.890. The van der Waals surface area contributed by atoms with Crippen LogP contribution in [0.25, 0.3) is 0 Å². The predicted molar refractivity (Wildman–Crippen MR) is 72.0 cm³/mol. The molecule has 0 spiro atoms. The highest BCUT2D eigenvalue weighted by atomic mass is 14.9. The molecular formula is C15H24N2. The molecule has 1 aromatic rings. The Morgan fingerprint density at radius 1 is 1.24 bits per heavy atom. The number of hydrogen-bond donors (Lipinski definition) is 1. The molecule has 1 unspecified atom stereocenters. The molecule has 0 radical (unpaired) electrons. The highest BCUT2D eigenvalue weighted by molar-refractivity contribution is 5.20. The first-order chi connectivity index (χ1) is 8.31. The summed E-state index contributed by atoms with van der Waals surface area (Å²) in [5.41, 5.74) is 2.53. The van der Waals surface area contributed by atoms with Gasteiger partial charge in [0.25, 0.3) is 0 Å². The summed E-state index contributed by atoms with van der Waals surface area (Å²) in [5, 5.41) is 3.52. The number of aryl methyl sites for hydroxylation is 1. The first-order valence-electron chi connectivity index (χ1n) is 6.91. The van der Waals surface area contributed by atoms with Gasteiger partial charge in [-0.3, -0.25) is 4.98 Å². The second-order valence-corrected chi connectivity index (χ2v) is 5.25. The lowest BCUT2D eigenvalue weighted by Crippen LogP contribution is -2.25. The van der Waals surface area contributed by atoms with Crippen molar-refractivity contribution in [1.82, 2.24) is 10.3 Å². The second kappa shape index (κ2) is 6.15. The van der Waals surface area contributed by atoms with E-state index in [9.17, 15) is 0 Å². The second-order valence-electron chi connectivity index (χ2n) is 5.25. The average Bonchev–Trinajstić information content (AvgIpc) is 2.59. The zero-order valence-electron chi connectivity index (χ0n) is 11.1. The quantitative estimate of drug-likeness (QED) is 0.805. The Bertz CT molecular complexity index is 341. The van der Waals surface area contributed by atoms with Crippen molar-refractivity contribution in [3.63, 3.8) is 0 Å². The van der Waals surface area contributed by atoms with Gasteiger partial charge < -0.3 is 5.32 Å². The molecule has 0 bridgehead atoms. The third-order valence-corrected chi connectivity index (χ3v) is 3.96. The molecule has 2 heteroatoms. The fraction of sp³-hybridized carbons (Fsp3) is 0.667. The van der Waals surface area contributed by atoms with E-state index in [1.165, 1.54) is 44.1 Å². The van der Waals surface area contributed by atoms with E-state index in [-0.39, 0.29) is 0 Å². The predicted octanol–water partition coefficient (Wildman–Crippen LogP) is 3.62. The lowest BCUT2D eigenvalue weighted by atomic mass is 9.87. The van der Waals surface area contributed by atoms with Crippen LogP contribution in [0.1, 0.15) is 55.8 Å². The van der Waals surface area contributed by atoms with Crippen molar-refractivity contribution in [3.05, 3.63) is 29.6 Å². The van der Waals surface area contributed by atoms with Crippen LogP contribution >= 0.6 is 0 Å². The monoisotopic (exact) mass is 232 g/mol. The zero-order chi connectivity index (χ0) is 12.1. The summed E-state index contributed by atoms with van der Waals surface area (Å²) >= 11 is 0. The Morgan fingerprint density at radius 3 is 2.53 bits per heavy atom. The fourth-order valence-electron chi connectivity index (χ4n) is 3.08. The molecule has 0 saturated heterocycles. The first kappa shape index (κ1) is 12.6. The number of pyridine rings is 1. The van der Waals surface area contributed by atoms with E-state index in [1.54, 1.807) is 0 Å². The molecule has 1 saturated carbocycles. The van der Waals surface area contributed by atoms with Gasteiger partial charge in [-0.05, 0) is 50.4 Å². The summed E-state index contributed by atoms with van der Waals surface area (Å²) in [5.74, 6) is 0.796. The van der Waals surface area contributed by atoms with E-state index in [2.05, 4.69) is 36.4 Å². The van der Waals surface area contributed by atoms with Crippen molar-refractivity contribution in [2.24, 2.45) is 5.92 Å². The van der Waals surface area contributed by atoms with Crippen LogP contribution in [-0.2, 0) is 0 Å². The molecule has 0 aromatic carbocycles. The van der Waals surface area contributed by atoms with Crippen LogP contribution in [0, 0.1) is 12.8 Å². The van der Waals surface area contributed by atoms with Crippen molar-refractivity contribution >= 4 is 0 Å². The third-order valence-electron chi connectivity index (χ3n) is 3.96. The normalized spacial score (nSPS) is 19.9. The largest absolute Gasteiger partial charge is 0.313 e. The van der Waals surface area contributed by atoms with Gasteiger partial charge in [0.05, 0.1) is 0 Å². The smallest absolute Gasteiger partial charge is 0.0375 e. The van der Waals surface area contributed by atoms with Gasteiger partial charge in [-0.25, -0.2) is 0 Å². The van der Waals surface area contributed by atoms with Gasteiger partial charge in [0.2, 0.25) is 0 Å². The van der Waals surface area contributed by atoms with E-state index in [1.807, 2.05) is 6.20 Å². The molecule has 1 heterocycles. The number of nitrogens with zero attached hydrogens (tertiary/aromatic N) is 1. The van der Waals surface area contributed by atoms with Gasteiger partial charge >= 0.3 is 0 Å². The molecule has 1 N–H and O–H groups in total. The summed E-state index contributed by atoms with van der Waals surface area (Å²) < 4.78 is 0. The third kappa shape index (κ3) is 3.29. The SMILES string of the molecule is CNC(c1ccnc(C)c1)C1CCCCCC1. The number of rotatable bonds is 3. The standard InChI is InChI=1S/C15H24N2/c1-12-11-14(9-10-17-12)15(16-2)13-7-5-3-4-6-8-13/h9-11,13,15-16H,3-8H2,1-2H3. The summed E-state index contributed by atoms with van der Waals surface area (Å²) in [6, 6.07) is 4.90. The van der Waals surface area contributed by atoms with Crippen molar-refractivity contribution in [2.75, 3.05) is 7.05 Å². The van der Waals surface area contributed by atoms with Crippen LogP contribution in [-0.4, -0.2) is 12.0 Å². The minimum Gasteiger partial charge on any atom is -0.313 e. The van der Waals surface area contributed by atoms with Crippen molar-refractivity contribution < 1.29 is 0 Å². The van der Waals surface area contributed by atoms with Gasteiger partial charge in [0.15, 0.2) is 0 Å². The maximum absolute atomic E-state index is 4.29. The Kier molecular flexibility index (Phi) is 4.55. The summed E-state index contributed by atoms with van der Waals surface area (Å²) in [7, 11) is 2.09. The highest BCUT2D eigenvalue weighted by Gasteiger charge is 2.22. The molecule has 17 heavy (non-hydrogen) atoms. The lowest BCUT2D eigenvalue weighted by molar-refractivity contribution is 0.341. The van der Waals surface area contributed by atoms with Crippen molar-refractivity contribution in [1.29, 1.82) is 0 Å². The van der Waals surface area contributed by atoms with E-state index in [0.29, 0.717) is 6.04 Å². The Morgan fingerprint density at radius 2 is 1.94 bits per heavy atom. The molecule has 2 nitrogen and oxygen atoms in total. The van der Waals surface area contributed by atoms with Gasteiger partial charge in [-0.2, -0.15) is 0 Å². The lowest BCUT2D eigenvalue weighted by Gasteiger charge is -2.26. The molecule has 0 aliphatic heterocycles. The minimum absolute atomic E-state index is 0.509. The Labute approximate surface area is 105 Å². The van der Waals surface area contributed by atoms with Gasteiger partial charge in [0, 0.05) is 17.9 Å². The zero-order valence-corrected chi connectivity index (χ0v) is 11.1. The molecule has 94 valence electrons. The van der Waals surface area contributed by atoms with Crippen LogP contribution in [0.3, 0.4) is 0 Å². The fourth-order valence-corrected chi connectivity index (χ4v) is 3.08. The Balaban J connectivity index is 2.14. The summed E-state index contributed by atoms with van der Waals surface area (Å²) in [6.07, 6.45) is 10.3. The topological polar surface area (TPSA) is 24.9 Å². The molecule has 2 rings (SSSR count). The van der Waals surface area contributed by atoms with Crippen LogP contribution < -0.4 is 5.32 Å². The highest BCUT2D eigenvalue weighted by Crippen LogP contribution is 2.33. The number of hydrogen-bond acceptors (Lipinski definition) is 2. The van der Waals surface area contributed by atoms with E-state index < -0.39 is 0 Å². The number of aromatic nitrogens is 1. The van der Waals surface area contributed by atoms with Crippen LogP contribution in [0.4, 0.5) is 0 Å². The molecular weight excluding hydrogens is 208 g/mol. The van der Waals surface area contributed by atoms with Gasteiger partial charge in [0.1, 0.15) is 0 Å².